The quantitative estimate of drug-likeness (QED) is 0.362. The normalized spacial score (nSPS) is 11.3. The molecule has 2 aromatic heterocycles. The standard InChI is InChI=1S/C18H23N7O2/c1-2-3-5-10-12-13(15(26)27)25(18-23-16(19)22-17(20)24-18)14(21-12)11-8-6-4-7-9-11/h4,6-9,15,26-27H,2-3,5,10H2,1H3,(H4,19,20,22,23,24). The van der Waals surface area contributed by atoms with E-state index in [1.165, 1.54) is 4.57 Å². The Kier molecular flexibility index (Phi) is 5.63. The molecule has 0 atom stereocenters. The van der Waals surface area contributed by atoms with E-state index in [2.05, 4.69) is 26.9 Å². The van der Waals surface area contributed by atoms with Crippen LogP contribution >= 0.6 is 0 Å². The molecule has 2 heterocycles. The molecule has 3 rings (SSSR count). The number of nitrogens with two attached hydrogens (primary N) is 2. The number of imidazole rings is 1. The van der Waals surface area contributed by atoms with Crippen molar-refractivity contribution in [3.05, 3.63) is 41.7 Å². The number of hydrogen-bond acceptors (Lipinski definition) is 8. The van der Waals surface area contributed by atoms with E-state index in [1.807, 2.05) is 30.3 Å². The number of unbranched alkanes of at least 4 members (excludes halogenated alkanes) is 2. The minimum absolute atomic E-state index is 0.0591. The second-order valence-electron chi connectivity index (χ2n) is 6.15. The molecule has 1 aromatic carbocycles. The van der Waals surface area contributed by atoms with Gasteiger partial charge in [-0.15, -0.1) is 0 Å². The summed E-state index contributed by atoms with van der Waals surface area (Å²) in [4.78, 5) is 16.7. The van der Waals surface area contributed by atoms with Gasteiger partial charge in [-0.2, -0.15) is 15.0 Å². The van der Waals surface area contributed by atoms with Crippen LogP contribution in [0.25, 0.3) is 17.3 Å². The van der Waals surface area contributed by atoms with Gasteiger partial charge in [0.05, 0.1) is 5.69 Å². The summed E-state index contributed by atoms with van der Waals surface area (Å²) in [6.45, 7) is 2.10. The summed E-state index contributed by atoms with van der Waals surface area (Å²) in [7, 11) is 0. The Morgan fingerprint density at radius 2 is 1.63 bits per heavy atom. The molecule has 0 spiro atoms. The van der Waals surface area contributed by atoms with Crippen LogP contribution in [0.2, 0.25) is 0 Å². The van der Waals surface area contributed by atoms with Crippen LogP contribution in [0, 0.1) is 0 Å². The molecule has 0 saturated heterocycles. The van der Waals surface area contributed by atoms with Crippen molar-refractivity contribution in [3.63, 3.8) is 0 Å². The smallest absolute Gasteiger partial charge is 0.242 e. The maximum atomic E-state index is 10.1. The highest BCUT2D eigenvalue weighted by molar-refractivity contribution is 5.59. The molecular formula is C18H23N7O2. The number of aliphatic hydroxyl groups is 2. The van der Waals surface area contributed by atoms with Gasteiger partial charge in [0, 0.05) is 5.56 Å². The van der Waals surface area contributed by atoms with Crippen LogP contribution in [0.1, 0.15) is 43.9 Å². The molecule has 0 bridgehead atoms. The Morgan fingerprint density at radius 1 is 0.963 bits per heavy atom. The monoisotopic (exact) mass is 369 g/mol. The number of aliphatic hydroxyl groups excluding tert-OH is 1. The van der Waals surface area contributed by atoms with E-state index in [-0.39, 0.29) is 23.5 Å². The summed E-state index contributed by atoms with van der Waals surface area (Å²) < 4.78 is 1.48. The van der Waals surface area contributed by atoms with Crippen LogP contribution in [0.4, 0.5) is 11.9 Å². The second kappa shape index (κ2) is 8.11. The Labute approximate surface area is 156 Å². The van der Waals surface area contributed by atoms with Gasteiger partial charge in [0.15, 0.2) is 6.29 Å². The summed E-state index contributed by atoms with van der Waals surface area (Å²) in [6, 6.07) is 9.37. The topological polar surface area (TPSA) is 149 Å². The van der Waals surface area contributed by atoms with Crippen LogP contribution in [0.15, 0.2) is 30.3 Å². The molecule has 0 unspecified atom stereocenters. The average molecular weight is 369 g/mol. The lowest BCUT2D eigenvalue weighted by molar-refractivity contribution is -0.0477. The van der Waals surface area contributed by atoms with E-state index < -0.39 is 6.29 Å². The number of nitrogens with zero attached hydrogens (tertiary/aromatic N) is 5. The van der Waals surface area contributed by atoms with E-state index in [9.17, 15) is 10.2 Å². The van der Waals surface area contributed by atoms with E-state index in [1.54, 1.807) is 0 Å². The number of aryl methyl sites for hydroxylation is 1. The SMILES string of the molecule is CCCCCc1nc(-c2ccccc2)n(-c2nc(N)nc(N)n2)c1C(O)O. The maximum absolute atomic E-state index is 10.1. The third-order valence-electron chi connectivity index (χ3n) is 4.14. The third kappa shape index (κ3) is 4.04. The Bertz CT molecular complexity index is 889. The largest absolute Gasteiger partial charge is 0.368 e. The predicted octanol–water partition coefficient (Wildman–Crippen LogP) is 1.60. The van der Waals surface area contributed by atoms with Crippen molar-refractivity contribution < 1.29 is 10.2 Å². The lowest BCUT2D eigenvalue weighted by atomic mass is 10.1. The highest BCUT2D eigenvalue weighted by Crippen LogP contribution is 2.29. The van der Waals surface area contributed by atoms with Crippen molar-refractivity contribution in [3.8, 4) is 17.3 Å². The van der Waals surface area contributed by atoms with Gasteiger partial charge < -0.3 is 21.7 Å². The number of aromatic nitrogens is 5. The molecular weight excluding hydrogens is 346 g/mol. The molecule has 27 heavy (non-hydrogen) atoms. The van der Waals surface area contributed by atoms with E-state index in [0.29, 0.717) is 17.9 Å². The van der Waals surface area contributed by atoms with E-state index in [0.717, 1.165) is 24.8 Å². The van der Waals surface area contributed by atoms with Crippen molar-refractivity contribution in [1.82, 2.24) is 24.5 Å². The number of hydrogen-bond donors (Lipinski definition) is 4. The van der Waals surface area contributed by atoms with Crippen molar-refractivity contribution in [2.75, 3.05) is 11.5 Å². The molecule has 0 radical (unpaired) electrons. The molecule has 0 aliphatic rings. The highest BCUT2D eigenvalue weighted by atomic mass is 16.5. The zero-order valence-corrected chi connectivity index (χ0v) is 15.1. The van der Waals surface area contributed by atoms with Gasteiger partial charge in [0.1, 0.15) is 11.5 Å². The summed E-state index contributed by atoms with van der Waals surface area (Å²) in [6.07, 6.45) is 1.78. The summed E-state index contributed by atoms with van der Waals surface area (Å²) in [5.74, 6) is 0.457. The maximum Gasteiger partial charge on any atom is 0.242 e. The molecule has 0 fully saturated rings. The fourth-order valence-corrected chi connectivity index (χ4v) is 2.95. The minimum Gasteiger partial charge on any atom is -0.368 e. The first-order valence-corrected chi connectivity index (χ1v) is 8.81. The van der Waals surface area contributed by atoms with Crippen LogP contribution in [-0.4, -0.2) is 34.7 Å². The predicted molar refractivity (Wildman–Crippen MR) is 102 cm³/mol. The zero-order valence-electron chi connectivity index (χ0n) is 15.1. The fourth-order valence-electron chi connectivity index (χ4n) is 2.95. The van der Waals surface area contributed by atoms with Crippen molar-refractivity contribution >= 4 is 11.9 Å². The van der Waals surface area contributed by atoms with Gasteiger partial charge in [-0.3, -0.25) is 4.57 Å². The molecule has 3 aromatic rings. The lowest BCUT2D eigenvalue weighted by Gasteiger charge is -2.13. The van der Waals surface area contributed by atoms with Gasteiger partial charge in [-0.25, -0.2) is 4.98 Å². The van der Waals surface area contributed by atoms with E-state index >= 15 is 0 Å². The lowest BCUT2D eigenvalue weighted by Crippen LogP contribution is -2.14. The molecule has 9 heteroatoms. The molecule has 142 valence electrons. The van der Waals surface area contributed by atoms with Crippen LogP contribution in [0.5, 0.6) is 0 Å². The van der Waals surface area contributed by atoms with Crippen LogP contribution in [-0.2, 0) is 6.42 Å². The second-order valence-corrected chi connectivity index (χ2v) is 6.15. The Balaban J connectivity index is 2.23. The molecule has 0 aliphatic heterocycles. The van der Waals surface area contributed by atoms with Crippen molar-refractivity contribution in [2.45, 2.75) is 38.9 Å². The molecule has 9 nitrogen and oxygen atoms in total. The summed E-state index contributed by atoms with van der Waals surface area (Å²) in [5, 5.41) is 20.1. The number of rotatable bonds is 7. The number of anilines is 2. The zero-order chi connectivity index (χ0) is 19.4. The average Bonchev–Trinajstić information content (AvgIpc) is 3.02. The van der Waals surface area contributed by atoms with Crippen molar-refractivity contribution in [2.24, 2.45) is 0 Å². The van der Waals surface area contributed by atoms with Gasteiger partial charge in [0.25, 0.3) is 0 Å². The van der Waals surface area contributed by atoms with Gasteiger partial charge in [-0.05, 0) is 12.8 Å². The molecule has 6 N–H and O–H groups in total. The fraction of sp³-hybridized carbons (Fsp3) is 0.333. The first-order chi connectivity index (χ1) is 13.0. The molecule has 0 saturated carbocycles. The van der Waals surface area contributed by atoms with E-state index in [4.69, 9.17) is 11.5 Å². The number of benzene rings is 1. The Hall–Kier alpha value is -3.04. The molecule has 0 amide bonds. The summed E-state index contributed by atoms with van der Waals surface area (Å²) >= 11 is 0. The molecule has 0 aliphatic carbocycles. The van der Waals surface area contributed by atoms with Gasteiger partial charge in [0.2, 0.25) is 17.8 Å². The summed E-state index contributed by atoms with van der Waals surface area (Å²) in [5.41, 5.74) is 13.0. The van der Waals surface area contributed by atoms with Gasteiger partial charge in [-0.1, -0.05) is 50.1 Å². The first-order valence-electron chi connectivity index (χ1n) is 8.81. The van der Waals surface area contributed by atoms with Crippen LogP contribution in [0.3, 0.4) is 0 Å². The first kappa shape index (κ1) is 18.7. The van der Waals surface area contributed by atoms with Crippen LogP contribution < -0.4 is 11.5 Å². The minimum atomic E-state index is -1.76. The number of nitrogen functional groups attached to an aromatic ring is 2. The van der Waals surface area contributed by atoms with Gasteiger partial charge >= 0.3 is 0 Å². The highest BCUT2D eigenvalue weighted by Gasteiger charge is 2.25. The Morgan fingerprint density at radius 3 is 2.22 bits per heavy atom. The third-order valence-corrected chi connectivity index (χ3v) is 4.14. The van der Waals surface area contributed by atoms with Crippen molar-refractivity contribution in [1.29, 1.82) is 0 Å².